The third-order valence-corrected chi connectivity index (χ3v) is 3.31. The third-order valence-electron chi connectivity index (χ3n) is 2.60. The maximum Gasteiger partial charge on any atom is 0.224 e. The molecule has 0 saturated heterocycles. The number of halogens is 2. The van der Waals surface area contributed by atoms with Crippen LogP contribution in [0.25, 0.3) is 0 Å². The van der Waals surface area contributed by atoms with Crippen molar-refractivity contribution in [3.63, 3.8) is 0 Å². The highest BCUT2D eigenvalue weighted by molar-refractivity contribution is 6.36. The highest BCUT2D eigenvalue weighted by atomic mass is 35.5. The van der Waals surface area contributed by atoms with Crippen LogP contribution in [-0.2, 0) is 11.2 Å². The Morgan fingerprint density at radius 1 is 1.39 bits per heavy atom. The topological polar surface area (TPSA) is 49.3 Å². The van der Waals surface area contributed by atoms with Crippen molar-refractivity contribution >= 4 is 29.1 Å². The number of aliphatic hydroxyl groups is 1. The fourth-order valence-corrected chi connectivity index (χ4v) is 2.19. The molecule has 0 spiro atoms. The van der Waals surface area contributed by atoms with Gasteiger partial charge >= 0.3 is 0 Å². The Labute approximate surface area is 117 Å². The van der Waals surface area contributed by atoms with Crippen LogP contribution in [-0.4, -0.2) is 23.7 Å². The van der Waals surface area contributed by atoms with Gasteiger partial charge in [-0.1, -0.05) is 29.3 Å². The number of rotatable bonds is 6. The molecular weight excluding hydrogens is 273 g/mol. The zero-order valence-corrected chi connectivity index (χ0v) is 11.8. The quantitative estimate of drug-likeness (QED) is 0.846. The van der Waals surface area contributed by atoms with Crippen LogP contribution in [0, 0.1) is 0 Å². The molecule has 0 aliphatic carbocycles. The van der Waals surface area contributed by atoms with E-state index in [0.717, 1.165) is 6.42 Å². The lowest BCUT2D eigenvalue weighted by Gasteiger charge is -2.14. The van der Waals surface area contributed by atoms with E-state index in [2.05, 4.69) is 5.32 Å². The van der Waals surface area contributed by atoms with E-state index < -0.39 is 0 Å². The second-order valence-electron chi connectivity index (χ2n) is 4.21. The first kappa shape index (κ1) is 15.3. The van der Waals surface area contributed by atoms with Gasteiger partial charge < -0.3 is 10.4 Å². The minimum Gasteiger partial charge on any atom is -0.396 e. The molecule has 1 amide bonds. The summed E-state index contributed by atoms with van der Waals surface area (Å²) in [5.41, 5.74) is 0.646. The van der Waals surface area contributed by atoms with Gasteiger partial charge in [0.2, 0.25) is 5.91 Å². The predicted molar refractivity (Wildman–Crippen MR) is 74.1 cm³/mol. The van der Waals surface area contributed by atoms with Crippen molar-refractivity contribution in [1.82, 2.24) is 5.32 Å². The van der Waals surface area contributed by atoms with Crippen LogP contribution in [0.5, 0.6) is 0 Å². The molecule has 1 rings (SSSR count). The zero-order chi connectivity index (χ0) is 13.5. The van der Waals surface area contributed by atoms with Gasteiger partial charge in [0.15, 0.2) is 0 Å². The number of hydrogen-bond donors (Lipinski definition) is 2. The second-order valence-corrected chi connectivity index (χ2v) is 5.03. The van der Waals surface area contributed by atoms with Crippen molar-refractivity contribution in [3.8, 4) is 0 Å². The van der Waals surface area contributed by atoms with E-state index in [1.54, 1.807) is 18.2 Å². The Morgan fingerprint density at radius 2 is 2.00 bits per heavy atom. The Bertz CT molecular complexity index is 390. The van der Waals surface area contributed by atoms with Crippen LogP contribution in [0.4, 0.5) is 0 Å². The first-order valence-electron chi connectivity index (χ1n) is 5.87. The molecule has 1 unspecified atom stereocenters. The van der Waals surface area contributed by atoms with Crippen molar-refractivity contribution in [2.24, 2.45) is 0 Å². The number of carbonyl (C=O) groups is 1. The molecule has 0 bridgehead atoms. The zero-order valence-electron chi connectivity index (χ0n) is 10.2. The molecule has 1 atom stereocenters. The van der Waals surface area contributed by atoms with Crippen LogP contribution in [0.3, 0.4) is 0 Å². The Hall–Kier alpha value is -0.770. The van der Waals surface area contributed by atoms with Crippen molar-refractivity contribution in [2.45, 2.75) is 32.2 Å². The summed E-state index contributed by atoms with van der Waals surface area (Å²) in [5, 5.41) is 12.6. The summed E-state index contributed by atoms with van der Waals surface area (Å²) >= 11 is 12.0. The largest absolute Gasteiger partial charge is 0.396 e. The lowest BCUT2D eigenvalue weighted by Crippen LogP contribution is -2.33. The van der Waals surface area contributed by atoms with E-state index in [0.29, 0.717) is 22.0 Å². The van der Waals surface area contributed by atoms with E-state index in [4.69, 9.17) is 28.3 Å². The number of benzene rings is 1. The van der Waals surface area contributed by atoms with Gasteiger partial charge in [-0.2, -0.15) is 0 Å². The molecular formula is C13H17Cl2NO2. The molecule has 0 aliphatic rings. The molecule has 1 aromatic rings. The SMILES string of the molecule is CC(CCCO)NC(=O)Cc1c(Cl)cccc1Cl. The molecule has 1 aromatic carbocycles. The lowest BCUT2D eigenvalue weighted by molar-refractivity contribution is -0.121. The molecule has 0 heterocycles. The molecule has 0 radical (unpaired) electrons. The molecule has 3 nitrogen and oxygen atoms in total. The molecule has 18 heavy (non-hydrogen) atoms. The number of carbonyl (C=O) groups excluding carboxylic acids is 1. The van der Waals surface area contributed by atoms with Crippen molar-refractivity contribution in [1.29, 1.82) is 0 Å². The highest BCUT2D eigenvalue weighted by Crippen LogP contribution is 2.24. The molecule has 0 saturated carbocycles. The standard InChI is InChI=1S/C13H17Cl2NO2/c1-9(4-3-7-17)16-13(18)8-10-11(14)5-2-6-12(10)15/h2,5-6,9,17H,3-4,7-8H2,1H3,(H,16,18). The Kier molecular flexibility index (Phi) is 6.47. The van der Waals surface area contributed by atoms with E-state index in [1.807, 2.05) is 6.92 Å². The fourth-order valence-electron chi connectivity index (χ4n) is 1.66. The number of aliphatic hydroxyl groups excluding tert-OH is 1. The van der Waals surface area contributed by atoms with Crippen LogP contribution in [0.1, 0.15) is 25.3 Å². The first-order chi connectivity index (χ1) is 8.54. The van der Waals surface area contributed by atoms with Gasteiger partial charge in [-0.3, -0.25) is 4.79 Å². The summed E-state index contributed by atoms with van der Waals surface area (Å²) in [5.74, 6) is -0.115. The number of hydrogen-bond acceptors (Lipinski definition) is 2. The normalized spacial score (nSPS) is 12.2. The summed E-state index contributed by atoms with van der Waals surface area (Å²) in [6.45, 7) is 2.04. The molecule has 2 N–H and O–H groups in total. The maximum absolute atomic E-state index is 11.8. The minimum absolute atomic E-state index is 0.0333. The smallest absolute Gasteiger partial charge is 0.224 e. The average molecular weight is 290 g/mol. The molecule has 5 heteroatoms. The van der Waals surface area contributed by atoms with Crippen LogP contribution < -0.4 is 5.32 Å². The Balaban J connectivity index is 2.54. The molecule has 100 valence electrons. The molecule has 0 aliphatic heterocycles. The fraction of sp³-hybridized carbons (Fsp3) is 0.462. The van der Waals surface area contributed by atoms with Crippen LogP contribution >= 0.6 is 23.2 Å². The lowest BCUT2D eigenvalue weighted by atomic mass is 10.1. The summed E-state index contributed by atoms with van der Waals surface area (Å²) in [7, 11) is 0. The van der Waals surface area contributed by atoms with Crippen molar-refractivity contribution in [3.05, 3.63) is 33.8 Å². The van der Waals surface area contributed by atoms with Gasteiger partial charge in [0.25, 0.3) is 0 Å². The summed E-state index contributed by atoms with van der Waals surface area (Å²) in [4.78, 5) is 11.8. The van der Waals surface area contributed by atoms with E-state index in [-0.39, 0.29) is 25.0 Å². The van der Waals surface area contributed by atoms with Gasteiger partial charge in [0, 0.05) is 22.7 Å². The van der Waals surface area contributed by atoms with Gasteiger partial charge in [-0.05, 0) is 37.5 Å². The van der Waals surface area contributed by atoms with E-state index in [1.165, 1.54) is 0 Å². The Morgan fingerprint density at radius 3 is 2.56 bits per heavy atom. The number of nitrogens with one attached hydrogen (secondary N) is 1. The molecule has 0 fully saturated rings. The summed E-state index contributed by atoms with van der Waals surface area (Å²) in [6, 6.07) is 5.21. The third kappa shape index (κ3) is 4.84. The van der Waals surface area contributed by atoms with Gasteiger partial charge in [-0.25, -0.2) is 0 Å². The first-order valence-corrected chi connectivity index (χ1v) is 6.63. The van der Waals surface area contributed by atoms with E-state index >= 15 is 0 Å². The minimum atomic E-state index is -0.115. The monoisotopic (exact) mass is 289 g/mol. The summed E-state index contributed by atoms with van der Waals surface area (Å²) < 4.78 is 0. The summed E-state index contributed by atoms with van der Waals surface area (Å²) in [6.07, 6.45) is 1.59. The predicted octanol–water partition coefficient (Wildman–Crippen LogP) is 2.81. The maximum atomic E-state index is 11.8. The van der Waals surface area contributed by atoms with Crippen LogP contribution in [0.15, 0.2) is 18.2 Å². The highest BCUT2D eigenvalue weighted by Gasteiger charge is 2.12. The van der Waals surface area contributed by atoms with Gasteiger partial charge in [0.05, 0.1) is 6.42 Å². The van der Waals surface area contributed by atoms with Crippen LogP contribution in [0.2, 0.25) is 10.0 Å². The van der Waals surface area contributed by atoms with Crippen molar-refractivity contribution < 1.29 is 9.90 Å². The van der Waals surface area contributed by atoms with Gasteiger partial charge in [0.1, 0.15) is 0 Å². The number of amides is 1. The molecule has 0 aromatic heterocycles. The van der Waals surface area contributed by atoms with Gasteiger partial charge in [-0.15, -0.1) is 0 Å². The van der Waals surface area contributed by atoms with E-state index in [9.17, 15) is 4.79 Å². The van der Waals surface area contributed by atoms with Crippen molar-refractivity contribution in [2.75, 3.05) is 6.61 Å². The average Bonchev–Trinajstić information content (AvgIpc) is 2.31. The second kappa shape index (κ2) is 7.62.